The van der Waals surface area contributed by atoms with Crippen LogP contribution in [0.4, 0.5) is 11.6 Å². The molecule has 0 unspecified atom stereocenters. The Morgan fingerprint density at radius 2 is 0.973 bits per heavy atom. The van der Waals surface area contributed by atoms with Gasteiger partial charge in [-0.25, -0.2) is 51.7 Å². The molecular formula is C52H53ClN10O10S2. The quantitative estimate of drug-likeness (QED) is 0.0716. The molecule has 4 aromatic heterocycles. The molecule has 4 heterocycles. The summed E-state index contributed by atoms with van der Waals surface area (Å²) < 4.78 is 486. The minimum absolute atomic E-state index is 0.776. The van der Waals surface area contributed by atoms with E-state index in [0.717, 1.165) is 0 Å². The average Bonchev–Trinajstić information content (AvgIpc) is 0.692. The first-order valence-electron chi connectivity index (χ1n) is 43.8. The van der Waals surface area contributed by atoms with Gasteiger partial charge in [0.15, 0.2) is 51.4 Å². The van der Waals surface area contributed by atoms with Gasteiger partial charge in [0.1, 0.15) is 6.56 Å². The minimum atomic E-state index is -6.03. The fourth-order valence-electron chi connectivity index (χ4n) is 4.81. The largest absolute Gasteiger partial charge is 0.493 e. The van der Waals surface area contributed by atoms with Crippen LogP contribution in [0.25, 0.3) is 23.3 Å². The molecule has 0 fully saturated rings. The fourth-order valence-corrected chi connectivity index (χ4v) is 6.75. The maximum Gasteiger partial charge on any atom is 0.263 e. The predicted octanol–water partition coefficient (Wildman–Crippen LogP) is 9.69. The molecular weight excluding hydrogens is 1020 g/mol. The Hall–Kier alpha value is -8.05. The number of methoxy groups -OCH3 is 2. The third-order valence-corrected chi connectivity index (χ3v) is 10.6. The molecule has 0 atom stereocenters. The first-order chi connectivity index (χ1) is 56.0. The number of hydrogen-bond acceptors (Lipinski definition) is 18. The van der Waals surface area contributed by atoms with Gasteiger partial charge in [0, 0.05) is 49.4 Å². The molecule has 0 radical (unpaired) electrons. The number of rotatable bonds is 17. The van der Waals surface area contributed by atoms with Gasteiger partial charge in [0.05, 0.1) is 74.3 Å². The standard InChI is InChI=1S/C27H29N5O6S.C25H24ClN5O4S/c1-27(2,3)18-10-12-19(13-11-18)39(34,35)32-23-22(38-21-9-6-5-8-20(21)36-4)26(37-17-16-33)31-25(30-23)24-28-14-7-15-29-24;1-25(2,3)16-10-12-17(13-11-16)36(32,33)31-22-20(35-19-9-6-5-8-18(19)34-4)21(26)29-24(30-22)23-27-14-7-15-28-23/h5-15,33H,16-17H2,1-4H3,(H,30,31,32);5-15H,1-4H3,(H,29,30,31)/i1D3,2D3,3D3,4D3,5D,6D,7D,8D,9D,10D,11D,12D,13D,14D,15D,16D2,17D2;1D3,2D3,3D3,4D3,5D,6D,7D,8D,9D,10D,11D,12D,13D,14D,15D. The Morgan fingerprint density at radius 1 is 0.560 bits per heavy atom. The van der Waals surface area contributed by atoms with Crippen LogP contribution >= 0.6 is 11.6 Å². The Bertz CT molecular complexity index is 5740. The number of anilines is 2. The molecule has 0 aliphatic heterocycles. The van der Waals surface area contributed by atoms with E-state index < -0.39 is 334 Å². The van der Waals surface area contributed by atoms with Gasteiger partial charge in [-0.3, -0.25) is 9.44 Å². The molecule has 0 saturated heterocycles. The highest BCUT2D eigenvalue weighted by molar-refractivity contribution is 7.93. The number of halogens is 1. The minimum Gasteiger partial charge on any atom is -0.493 e. The molecule has 0 bridgehead atoms. The van der Waals surface area contributed by atoms with Crippen LogP contribution in [-0.2, 0) is 30.9 Å². The van der Waals surface area contributed by atoms with E-state index in [-0.39, 0.29) is 0 Å². The van der Waals surface area contributed by atoms with E-state index >= 15 is 0 Å². The summed E-state index contributed by atoms with van der Waals surface area (Å²) in [5.74, 6) is -16.5. The van der Waals surface area contributed by atoms with Gasteiger partial charge < -0.3 is 28.8 Å². The molecule has 20 nitrogen and oxygen atoms in total. The monoisotopic (exact) mass is 1130 g/mol. The van der Waals surface area contributed by atoms with E-state index in [0.29, 0.717) is 0 Å². The number of aromatic nitrogens is 8. The first-order valence-corrected chi connectivity index (χ1v) is 22.1. The van der Waals surface area contributed by atoms with Crippen LogP contribution in [0.2, 0.25) is 5.15 Å². The van der Waals surface area contributed by atoms with Gasteiger partial charge in [-0.05, 0) is 82.4 Å². The number of aliphatic hydroxyl groups is 1. The van der Waals surface area contributed by atoms with Gasteiger partial charge in [-0.2, -0.15) is 4.98 Å². The third kappa shape index (κ3) is 13.8. The van der Waals surface area contributed by atoms with E-state index in [1.165, 1.54) is 4.72 Å². The zero-order valence-corrected chi connectivity index (χ0v) is 38.3. The van der Waals surface area contributed by atoms with Crippen LogP contribution in [0.5, 0.6) is 40.4 Å². The lowest BCUT2D eigenvalue weighted by atomic mass is 9.87. The van der Waals surface area contributed by atoms with E-state index in [1.807, 2.05) is 0 Å². The molecule has 390 valence electrons. The maximum atomic E-state index is 14.4. The van der Waals surface area contributed by atoms with E-state index in [2.05, 4.69) is 39.9 Å². The average molecular weight is 1130 g/mol. The second kappa shape index (κ2) is 23.4. The van der Waals surface area contributed by atoms with Crippen molar-refractivity contribution in [2.75, 3.05) is 36.6 Å². The number of para-hydroxylation sites is 4. The Balaban J connectivity index is 0.000000345. The molecule has 4 aromatic carbocycles. The normalized spacial score (nSPS) is 23.0. The molecule has 8 rings (SSSR count). The van der Waals surface area contributed by atoms with E-state index in [4.69, 9.17) is 104 Å². The van der Waals surface area contributed by atoms with Crippen molar-refractivity contribution in [1.29, 1.82) is 0 Å². The van der Waals surface area contributed by atoms with E-state index in [1.54, 1.807) is 4.72 Å². The van der Waals surface area contributed by atoms with Crippen molar-refractivity contribution >= 4 is 43.3 Å². The summed E-state index contributed by atoms with van der Waals surface area (Å²) in [6, 6.07) is -25.4. The third-order valence-electron chi connectivity index (χ3n) is 7.93. The Kier molecular flexibility index (Phi) is 6.02. The summed E-state index contributed by atoms with van der Waals surface area (Å²) in [5.41, 5.74) is -11.9. The zero-order valence-electron chi connectivity index (χ0n) is 85.9. The summed E-state index contributed by atoms with van der Waals surface area (Å²) in [6.45, 7) is -33.1. The number of sulfonamides is 2. The van der Waals surface area contributed by atoms with Gasteiger partial charge in [-0.1, -0.05) is 101 Å². The molecule has 0 saturated carbocycles. The van der Waals surface area contributed by atoms with Gasteiger partial charge in [-0.15, -0.1) is 0 Å². The zero-order chi connectivity index (χ0) is 96.7. The van der Waals surface area contributed by atoms with Crippen LogP contribution in [-0.4, -0.2) is 89.0 Å². The van der Waals surface area contributed by atoms with E-state index in [9.17, 15) is 21.9 Å². The molecule has 0 aliphatic carbocycles. The number of ether oxygens (including phenoxy) is 5. The van der Waals surface area contributed by atoms with Gasteiger partial charge >= 0.3 is 0 Å². The van der Waals surface area contributed by atoms with Crippen LogP contribution in [0.1, 0.15) is 121 Å². The Morgan fingerprint density at radius 3 is 1.40 bits per heavy atom. The second-order valence-electron chi connectivity index (χ2n) is 13.0. The van der Waals surface area contributed by atoms with Crippen LogP contribution in [0.15, 0.2) is 143 Å². The lowest BCUT2D eigenvalue weighted by Gasteiger charge is -2.20. The molecule has 3 N–H and O–H groups in total. The number of nitrogens with zero attached hydrogens (tertiary/aromatic N) is 8. The lowest BCUT2D eigenvalue weighted by Crippen LogP contribution is -2.17. The van der Waals surface area contributed by atoms with Gasteiger partial charge in [0.25, 0.3) is 25.9 Å². The molecule has 75 heavy (non-hydrogen) atoms. The number of benzene rings is 4. The van der Waals surface area contributed by atoms with Crippen molar-refractivity contribution in [2.24, 2.45) is 0 Å². The highest BCUT2D eigenvalue weighted by Gasteiger charge is 2.28. The van der Waals surface area contributed by atoms with Crippen molar-refractivity contribution in [2.45, 2.75) is 61.7 Å². The van der Waals surface area contributed by atoms with Crippen molar-refractivity contribution < 1.29 is 114 Å². The molecule has 0 aliphatic rings. The first kappa shape index (κ1) is 19.3. The molecule has 23 heteroatoms. The fraction of sp³-hybridized carbons (Fsp3) is 0.231. The maximum absolute atomic E-state index is 14.4. The number of hydrogen-bond donors (Lipinski definition) is 3. The van der Waals surface area contributed by atoms with Crippen molar-refractivity contribution in [1.82, 2.24) is 39.9 Å². The molecule has 8 aromatic rings. The molecule has 0 amide bonds. The summed E-state index contributed by atoms with van der Waals surface area (Å²) in [5, 5.41) is 8.98. The smallest absolute Gasteiger partial charge is 0.263 e. The van der Waals surface area contributed by atoms with Crippen LogP contribution in [0.3, 0.4) is 0 Å². The highest BCUT2D eigenvalue weighted by Crippen LogP contribution is 2.43. The predicted molar refractivity (Wildman–Crippen MR) is 282 cm³/mol. The topological polar surface area (TPSA) is 262 Å². The molecule has 0 spiro atoms. The number of nitrogens with one attached hydrogen (secondary N) is 2. The van der Waals surface area contributed by atoms with Gasteiger partial charge in [0.2, 0.25) is 23.1 Å². The highest BCUT2D eigenvalue weighted by atomic mass is 35.5. The van der Waals surface area contributed by atoms with Crippen molar-refractivity contribution in [3.05, 3.63) is 150 Å². The van der Waals surface area contributed by atoms with Crippen molar-refractivity contribution in [3.8, 4) is 63.7 Å². The van der Waals surface area contributed by atoms with Crippen molar-refractivity contribution in [3.63, 3.8) is 0 Å². The SMILES string of the molecule is [2H]c1nc(-c2nc(Cl)c(Oc3c([2H])c([2H])c([2H])c([2H])c3OC([2H])([2H])[2H])c(NS(=O)(=O)c3c([2H])c([2H])c(C(C([2H])([2H])[2H])(C([2H])([2H])[2H])C([2H])([2H])[2H])c([2H])c3[2H])n2)nc([2H])c1[2H].[2H]c1nc(-c2nc(NS(=O)(=O)c3c([2H])c([2H])c(C(C([2H])([2H])[2H])(C([2H])([2H])[2H])C([2H])([2H])[2H])c([2H])c3[2H])c(Oc3c([2H])c([2H])c([2H])c([2H])c3OC([2H])([2H])[2H])c(OC([2H])([2H])C([2H])([2H])O)n2)nc([2H])c1[2H]. The summed E-state index contributed by atoms with van der Waals surface area (Å²) in [4.78, 5) is 25.8. The summed E-state index contributed by atoms with van der Waals surface area (Å²) in [6.07, 6.45) is -3.84. The second-order valence-corrected chi connectivity index (χ2v) is 16.6. The van der Waals surface area contributed by atoms with Crippen LogP contribution < -0.4 is 33.1 Å². The van der Waals surface area contributed by atoms with Crippen LogP contribution in [0, 0.1) is 0 Å². The summed E-state index contributed by atoms with van der Waals surface area (Å²) >= 11 is 6.35. The Labute approximate surface area is 510 Å². The lowest BCUT2D eigenvalue weighted by molar-refractivity contribution is 0.192. The summed E-state index contributed by atoms with van der Waals surface area (Å²) in [7, 11) is -18.8.